The zero-order valence-corrected chi connectivity index (χ0v) is 11.9. The summed E-state index contributed by atoms with van der Waals surface area (Å²) in [5.74, 6) is 0.198. The molecule has 2 heteroatoms. The van der Waals surface area contributed by atoms with Crippen LogP contribution in [0.2, 0.25) is 0 Å². The van der Waals surface area contributed by atoms with E-state index in [1.807, 2.05) is 44.2 Å². The van der Waals surface area contributed by atoms with Crippen molar-refractivity contribution in [1.82, 2.24) is 0 Å². The highest BCUT2D eigenvalue weighted by Crippen LogP contribution is 2.43. The van der Waals surface area contributed by atoms with E-state index < -0.39 is 5.41 Å². The van der Waals surface area contributed by atoms with Gasteiger partial charge in [0.1, 0.15) is 0 Å². The maximum Gasteiger partial charge on any atom is 0.173 e. The fourth-order valence-electron chi connectivity index (χ4n) is 2.66. The van der Waals surface area contributed by atoms with Gasteiger partial charge in [0, 0.05) is 10.0 Å². The van der Waals surface area contributed by atoms with E-state index in [0.717, 1.165) is 21.2 Å². The van der Waals surface area contributed by atoms with Crippen LogP contribution in [0.3, 0.4) is 0 Å². The largest absolute Gasteiger partial charge is 0.293 e. The van der Waals surface area contributed by atoms with Gasteiger partial charge >= 0.3 is 0 Å². The van der Waals surface area contributed by atoms with E-state index in [1.165, 1.54) is 5.56 Å². The van der Waals surface area contributed by atoms with Gasteiger partial charge < -0.3 is 0 Å². The molecule has 0 fully saturated rings. The van der Waals surface area contributed by atoms with Gasteiger partial charge in [-0.15, -0.1) is 0 Å². The number of carbonyl (C=O) groups is 1. The first-order valence-corrected chi connectivity index (χ1v) is 6.75. The first kappa shape index (κ1) is 11.7. The molecule has 1 aliphatic carbocycles. The number of rotatable bonds is 0. The highest BCUT2D eigenvalue weighted by Gasteiger charge is 2.38. The molecule has 0 atom stereocenters. The van der Waals surface area contributed by atoms with Gasteiger partial charge in [-0.3, -0.25) is 4.79 Å². The summed E-state index contributed by atoms with van der Waals surface area (Å²) in [6, 6.07) is 14.0. The zero-order valence-electron chi connectivity index (χ0n) is 10.3. The average Bonchev–Trinajstić information content (AvgIpc) is 2.36. The number of benzene rings is 2. The lowest BCUT2D eigenvalue weighted by atomic mass is 9.69. The molecule has 90 valence electrons. The predicted molar refractivity (Wildman–Crippen MR) is 76.9 cm³/mol. The fourth-order valence-corrected chi connectivity index (χ4v) is 3.02. The second kappa shape index (κ2) is 3.79. The van der Waals surface area contributed by atoms with E-state index in [2.05, 4.69) is 28.1 Å². The summed E-state index contributed by atoms with van der Waals surface area (Å²) in [6.45, 7) is 4.00. The van der Waals surface area contributed by atoms with Crippen LogP contribution in [0.15, 0.2) is 46.9 Å². The van der Waals surface area contributed by atoms with E-state index in [-0.39, 0.29) is 5.78 Å². The SMILES string of the molecule is CC1(C)C(=O)c2ccc(Br)cc2-c2ccccc21. The Kier molecular flexibility index (Phi) is 2.46. The Morgan fingerprint density at radius 1 is 0.944 bits per heavy atom. The second-order valence-electron chi connectivity index (χ2n) is 5.19. The van der Waals surface area contributed by atoms with E-state index in [0.29, 0.717) is 0 Å². The van der Waals surface area contributed by atoms with Crippen LogP contribution in [-0.2, 0) is 5.41 Å². The van der Waals surface area contributed by atoms with Crippen molar-refractivity contribution in [3.63, 3.8) is 0 Å². The number of fused-ring (bicyclic) bond motifs is 3. The lowest BCUT2D eigenvalue weighted by Crippen LogP contribution is -2.33. The monoisotopic (exact) mass is 300 g/mol. The number of ketones is 1. The second-order valence-corrected chi connectivity index (χ2v) is 6.11. The number of hydrogen-bond acceptors (Lipinski definition) is 1. The Morgan fingerprint density at radius 2 is 1.67 bits per heavy atom. The Balaban J connectivity index is 2.41. The predicted octanol–water partition coefficient (Wildman–Crippen LogP) is 4.59. The molecular formula is C16H13BrO. The van der Waals surface area contributed by atoms with Gasteiger partial charge in [-0.2, -0.15) is 0 Å². The molecule has 3 rings (SSSR count). The average molecular weight is 301 g/mol. The van der Waals surface area contributed by atoms with Crippen LogP contribution in [0.1, 0.15) is 29.8 Å². The van der Waals surface area contributed by atoms with Crippen molar-refractivity contribution in [2.45, 2.75) is 19.3 Å². The highest BCUT2D eigenvalue weighted by atomic mass is 79.9. The van der Waals surface area contributed by atoms with Crippen molar-refractivity contribution in [1.29, 1.82) is 0 Å². The molecule has 0 saturated heterocycles. The molecule has 2 aromatic carbocycles. The number of hydrogen-bond donors (Lipinski definition) is 0. The van der Waals surface area contributed by atoms with Crippen LogP contribution in [0.4, 0.5) is 0 Å². The molecule has 0 aliphatic heterocycles. The lowest BCUT2D eigenvalue weighted by molar-refractivity contribution is 0.0906. The standard InChI is InChI=1S/C16H13BrO/c1-16(2)14-6-4-3-5-11(14)13-9-10(17)7-8-12(13)15(16)18/h3-9H,1-2H3. The van der Waals surface area contributed by atoms with Gasteiger partial charge in [-0.05, 0) is 48.7 Å². The third-order valence-electron chi connectivity index (χ3n) is 3.68. The zero-order chi connectivity index (χ0) is 12.9. The van der Waals surface area contributed by atoms with Crippen molar-refractivity contribution < 1.29 is 4.79 Å². The molecule has 0 radical (unpaired) electrons. The van der Waals surface area contributed by atoms with Crippen LogP contribution in [0.5, 0.6) is 0 Å². The smallest absolute Gasteiger partial charge is 0.173 e. The van der Waals surface area contributed by atoms with Crippen LogP contribution in [0, 0.1) is 0 Å². The first-order valence-electron chi connectivity index (χ1n) is 5.96. The molecule has 2 aromatic rings. The van der Waals surface area contributed by atoms with Gasteiger partial charge in [-0.1, -0.05) is 40.2 Å². The third kappa shape index (κ3) is 1.49. The van der Waals surface area contributed by atoms with Crippen molar-refractivity contribution in [2.75, 3.05) is 0 Å². The van der Waals surface area contributed by atoms with Crippen molar-refractivity contribution in [2.24, 2.45) is 0 Å². The molecular weight excluding hydrogens is 288 g/mol. The molecule has 0 amide bonds. The van der Waals surface area contributed by atoms with Gasteiger partial charge in [0.05, 0.1) is 5.41 Å². The van der Waals surface area contributed by atoms with E-state index in [9.17, 15) is 4.79 Å². The molecule has 0 N–H and O–H groups in total. The first-order chi connectivity index (χ1) is 8.51. The van der Waals surface area contributed by atoms with Crippen molar-refractivity contribution in [3.8, 4) is 11.1 Å². The fraction of sp³-hybridized carbons (Fsp3) is 0.188. The van der Waals surface area contributed by atoms with Crippen LogP contribution in [-0.4, -0.2) is 5.78 Å². The summed E-state index contributed by atoms with van der Waals surface area (Å²) in [6.07, 6.45) is 0. The molecule has 0 unspecified atom stereocenters. The van der Waals surface area contributed by atoms with Gasteiger partial charge in [-0.25, -0.2) is 0 Å². The minimum absolute atomic E-state index is 0.198. The van der Waals surface area contributed by atoms with E-state index in [1.54, 1.807) is 0 Å². The number of carbonyl (C=O) groups excluding carboxylic acids is 1. The molecule has 18 heavy (non-hydrogen) atoms. The highest BCUT2D eigenvalue weighted by molar-refractivity contribution is 9.10. The van der Waals surface area contributed by atoms with Crippen molar-refractivity contribution >= 4 is 21.7 Å². The summed E-state index contributed by atoms with van der Waals surface area (Å²) in [4.78, 5) is 12.6. The maximum atomic E-state index is 12.6. The molecule has 0 saturated carbocycles. The quantitative estimate of drug-likeness (QED) is 0.695. The van der Waals surface area contributed by atoms with Gasteiger partial charge in [0.15, 0.2) is 5.78 Å². The molecule has 1 nitrogen and oxygen atoms in total. The molecule has 0 heterocycles. The third-order valence-corrected chi connectivity index (χ3v) is 4.18. The lowest BCUT2D eigenvalue weighted by Gasteiger charge is -2.32. The molecule has 0 spiro atoms. The topological polar surface area (TPSA) is 17.1 Å². The normalized spacial score (nSPS) is 16.1. The minimum Gasteiger partial charge on any atom is -0.293 e. The van der Waals surface area contributed by atoms with Crippen LogP contribution in [0.25, 0.3) is 11.1 Å². The Bertz CT molecular complexity index is 656. The van der Waals surface area contributed by atoms with Crippen LogP contribution >= 0.6 is 15.9 Å². The molecule has 1 aliphatic rings. The Labute approximate surface area is 115 Å². The number of Topliss-reactive ketones (excluding diaryl/α,β-unsaturated/α-hetero) is 1. The van der Waals surface area contributed by atoms with E-state index >= 15 is 0 Å². The summed E-state index contributed by atoms with van der Waals surface area (Å²) in [5, 5.41) is 0. The van der Waals surface area contributed by atoms with Crippen LogP contribution < -0.4 is 0 Å². The number of halogens is 1. The summed E-state index contributed by atoms with van der Waals surface area (Å²) in [7, 11) is 0. The Morgan fingerprint density at radius 3 is 2.44 bits per heavy atom. The van der Waals surface area contributed by atoms with E-state index in [4.69, 9.17) is 0 Å². The van der Waals surface area contributed by atoms with Gasteiger partial charge in [0.25, 0.3) is 0 Å². The summed E-state index contributed by atoms with van der Waals surface area (Å²) >= 11 is 3.48. The Hall–Kier alpha value is -1.41. The van der Waals surface area contributed by atoms with Crippen molar-refractivity contribution in [3.05, 3.63) is 58.1 Å². The maximum absolute atomic E-state index is 12.6. The minimum atomic E-state index is -0.447. The summed E-state index contributed by atoms with van der Waals surface area (Å²) in [5.41, 5.74) is 3.68. The van der Waals surface area contributed by atoms with Gasteiger partial charge in [0.2, 0.25) is 0 Å². The molecule has 0 bridgehead atoms. The summed E-state index contributed by atoms with van der Waals surface area (Å²) < 4.78 is 1.00. The molecule has 0 aromatic heterocycles.